The quantitative estimate of drug-likeness (QED) is 0.0322. The van der Waals surface area contributed by atoms with E-state index in [2.05, 4.69) is 31.3 Å². The number of amides is 1. The zero-order valence-corrected chi connectivity index (χ0v) is 40.9. The molecule has 0 radical (unpaired) electrons. The van der Waals surface area contributed by atoms with Crippen LogP contribution in [0, 0.1) is 0 Å². The van der Waals surface area contributed by atoms with Crippen LogP contribution in [-0.4, -0.2) is 47.4 Å². The Morgan fingerprint density at radius 2 is 0.770 bits per heavy atom. The molecule has 0 aromatic heterocycles. The smallest absolute Gasteiger partial charge is 0.305 e. The van der Waals surface area contributed by atoms with E-state index in [-0.39, 0.29) is 18.5 Å². The third-order valence-electron chi connectivity index (χ3n) is 12.5. The summed E-state index contributed by atoms with van der Waals surface area (Å²) in [6.45, 7) is 4.87. The van der Waals surface area contributed by atoms with Gasteiger partial charge in [0.25, 0.3) is 0 Å². The van der Waals surface area contributed by atoms with Crippen molar-refractivity contribution in [2.24, 2.45) is 0 Å². The maximum Gasteiger partial charge on any atom is 0.305 e. The number of carbonyl (C=O) groups excluding carboxylic acids is 2. The Kier molecular flexibility index (Phi) is 49.6. The lowest BCUT2D eigenvalue weighted by atomic mass is 10.0. The minimum Gasteiger partial charge on any atom is -0.466 e. The second kappa shape index (κ2) is 51.0. The van der Waals surface area contributed by atoms with Crippen molar-refractivity contribution in [2.75, 3.05) is 13.2 Å². The van der Waals surface area contributed by atoms with E-state index < -0.39 is 12.1 Å². The third kappa shape index (κ3) is 47.7. The number of aliphatic hydroxyl groups excluding tert-OH is 2. The molecule has 0 fully saturated rings. The first-order valence-electron chi connectivity index (χ1n) is 27.1. The van der Waals surface area contributed by atoms with Crippen molar-refractivity contribution in [3.8, 4) is 0 Å². The maximum atomic E-state index is 12.4. The summed E-state index contributed by atoms with van der Waals surface area (Å²) in [6.07, 6.45) is 60.5. The molecular weight excluding hydrogens is 755 g/mol. The van der Waals surface area contributed by atoms with Crippen molar-refractivity contribution in [2.45, 2.75) is 302 Å². The van der Waals surface area contributed by atoms with Crippen LogP contribution in [0.3, 0.4) is 0 Å². The summed E-state index contributed by atoms with van der Waals surface area (Å²) < 4.78 is 5.47. The summed E-state index contributed by atoms with van der Waals surface area (Å²) in [5, 5.41) is 22.9. The molecular formula is C55H105NO5. The molecule has 0 aromatic carbocycles. The molecule has 1 amide bonds. The molecule has 0 saturated carbocycles. The fourth-order valence-electron chi connectivity index (χ4n) is 8.27. The van der Waals surface area contributed by atoms with Crippen LogP contribution in [0.2, 0.25) is 0 Å². The van der Waals surface area contributed by atoms with Crippen LogP contribution in [0.4, 0.5) is 0 Å². The molecule has 61 heavy (non-hydrogen) atoms. The summed E-state index contributed by atoms with van der Waals surface area (Å²) in [5.74, 6) is -0.0728. The molecule has 3 N–H and O–H groups in total. The maximum absolute atomic E-state index is 12.4. The van der Waals surface area contributed by atoms with E-state index in [1.54, 1.807) is 6.08 Å². The van der Waals surface area contributed by atoms with E-state index in [1.165, 1.54) is 218 Å². The van der Waals surface area contributed by atoms with Gasteiger partial charge < -0.3 is 20.3 Å². The molecule has 6 nitrogen and oxygen atoms in total. The number of nitrogens with one attached hydrogen (secondary N) is 1. The standard InChI is InChI=1S/C55H105NO5/c1-3-5-7-9-11-13-15-16-22-26-29-33-37-41-45-49-55(60)61-50-46-42-38-34-30-27-24-21-19-17-18-20-23-25-28-32-36-40-44-48-54(59)56-52(51-57)53(58)47-43-39-35-31-14-12-10-8-6-4-2/h16,22,43,47,52-53,57-58H,3-15,17-21,23-42,44-46,48-51H2,1-2H3,(H,56,59)/b22-16-,47-43+. The molecule has 0 heterocycles. The highest BCUT2D eigenvalue weighted by Crippen LogP contribution is 2.16. The Morgan fingerprint density at radius 3 is 1.16 bits per heavy atom. The zero-order chi connectivity index (χ0) is 44.4. The van der Waals surface area contributed by atoms with Crippen molar-refractivity contribution in [3.05, 3.63) is 24.3 Å². The topological polar surface area (TPSA) is 95.9 Å². The van der Waals surface area contributed by atoms with E-state index >= 15 is 0 Å². The van der Waals surface area contributed by atoms with E-state index in [1.807, 2.05) is 6.08 Å². The molecule has 0 spiro atoms. The average molecular weight is 860 g/mol. The predicted molar refractivity (Wildman–Crippen MR) is 264 cm³/mol. The number of unbranched alkanes of at least 4 members (excludes halogenated alkanes) is 37. The van der Waals surface area contributed by atoms with Gasteiger partial charge in [0, 0.05) is 12.8 Å². The third-order valence-corrected chi connectivity index (χ3v) is 12.5. The molecule has 0 aliphatic carbocycles. The Bertz CT molecular complexity index is 951. The van der Waals surface area contributed by atoms with E-state index in [0.29, 0.717) is 19.4 Å². The fourth-order valence-corrected chi connectivity index (χ4v) is 8.27. The van der Waals surface area contributed by atoms with E-state index in [4.69, 9.17) is 4.74 Å². The molecule has 360 valence electrons. The van der Waals surface area contributed by atoms with Gasteiger partial charge in [-0.2, -0.15) is 0 Å². The van der Waals surface area contributed by atoms with Crippen LogP contribution >= 0.6 is 0 Å². The highest BCUT2D eigenvalue weighted by Gasteiger charge is 2.18. The normalized spacial score (nSPS) is 12.8. The number of aliphatic hydroxyl groups is 2. The van der Waals surface area contributed by atoms with Gasteiger partial charge in [-0.3, -0.25) is 9.59 Å². The lowest BCUT2D eigenvalue weighted by molar-refractivity contribution is -0.143. The lowest BCUT2D eigenvalue weighted by Crippen LogP contribution is -2.45. The molecule has 0 aliphatic rings. The van der Waals surface area contributed by atoms with Gasteiger partial charge in [0.05, 0.1) is 25.4 Å². The monoisotopic (exact) mass is 860 g/mol. The Morgan fingerprint density at radius 1 is 0.443 bits per heavy atom. The number of allylic oxidation sites excluding steroid dienone is 3. The first-order chi connectivity index (χ1) is 30.0. The lowest BCUT2D eigenvalue weighted by Gasteiger charge is -2.20. The van der Waals surface area contributed by atoms with Gasteiger partial charge in [0.1, 0.15) is 0 Å². The van der Waals surface area contributed by atoms with Crippen molar-refractivity contribution >= 4 is 11.9 Å². The summed E-state index contributed by atoms with van der Waals surface area (Å²) in [4.78, 5) is 24.4. The number of hydrogen-bond donors (Lipinski definition) is 3. The molecule has 0 bridgehead atoms. The average Bonchev–Trinajstić information content (AvgIpc) is 3.26. The van der Waals surface area contributed by atoms with Gasteiger partial charge in [-0.15, -0.1) is 0 Å². The summed E-state index contributed by atoms with van der Waals surface area (Å²) >= 11 is 0. The van der Waals surface area contributed by atoms with Gasteiger partial charge in [-0.1, -0.05) is 244 Å². The Labute approximate surface area is 380 Å². The predicted octanol–water partition coefficient (Wildman–Crippen LogP) is 16.3. The number of rotatable bonds is 50. The second-order valence-electron chi connectivity index (χ2n) is 18.6. The van der Waals surface area contributed by atoms with Crippen molar-refractivity contribution in [3.63, 3.8) is 0 Å². The first-order valence-corrected chi connectivity index (χ1v) is 27.1. The van der Waals surface area contributed by atoms with Gasteiger partial charge >= 0.3 is 5.97 Å². The van der Waals surface area contributed by atoms with Crippen molar-refractivity contribution < 1.29 is 24.5 Å². The number of ether oxygens (including phenoxy) is 1. The van der Waals surface area contributed by atoms with Gasteiger partial charge in [0.2, 0.25) is 5.91 Å². The molecule has 2 atom stereocenters. The van der Waals surface area contributed by atoms with Crippen LogP contribution in [0.25, 0.3) is 0 Å². The summed E-state index contributed by atoms with van der Waals surface area (Å²) in [7, 11) is 0. The van der Waals surface area contributed by atoms with Crippen LogP contribution in [0.1, 0.15) is 290 Å². The highest BCUT2D eigenvalue weighted by molar-refractivity contribution is 5.76. The van der Waals surface area contributed by atoms with Crippen molar-refractivity contribution in [1.82, 2.24) is 5.32 Å². The molecule has 0 rings (SSSR count). The number of hydrogen-bond acceptors (Lipinski definition) is 5. The van der Waals surface area contributed by atoms with Crippen LogP contribution in [0.15, 0.2) is 24.3 Å². The zero-order valence-electron chi connectivity index (χ0n) is 40.9. The Balaban J connectivity index is 3.40. The van der Waals surface area contributed by atoms with Crippen LogP contribution in [-0.2, 0) is 14.3 Å². The van der Waals surface area contributed by atoms with Crippen LogP contribution in [0.5, 0.6) is 0 Å². The molecule has 0 aliphatic heterocycles. The van der Waals surface area contributed by atoms with Gasteiger partial charge in [0.15, 0.2) is 0 Å². The summed E-state index contributed by atoms with van der Waals surface area (Å²) in [5.41, 5.74) is 0. The SMILES string of the molecule is CCCCCCCC/C=C\CCCCCCCC(=O)OCCCCCCCCCCCCCCCCCCCCCC(=O)NC(CO)C(O)/C=C/CCCCCCCCCC. The summed E-state index contributed by atoms with van der Waals surface area (Å²) in [6, 6.07) is -0.628. The first kappa shape index (κ1) is 59.3. The molecule has 6 heteroatoms. The van der Waals surface area contributed by atoms with E-state index in [9.17, 15) is 19.8 Å². The van der Waals surface area contributed by atoms with Crippen molar-refractivity contribution in [1.29, 1.82) is 0 Å². The Hall–Kier alpha value is -1.66. The number of esters is 1. The molecule has 0 aromatic rings. The second-order valence-corrected chi connectivity index (χ2v) is 18.6. The van der Waals surface area contributed by atoms with E-state index in [0.717, 1.165) is 44.9 Å². The fraction of sp³-hybridized carbons (Fsp3) is 0.891. The minimum atomic E-state index is -0.844. The molecule has 2 unspecified atom stereocenters. The van der Waals surface area contributed by atoms with Crippen LogP contribution < -0.4 is 5.32 Å². The number of carbonyl (C=O) groups is 2. The largest absolute Gasteiger partial charge is 0.466 e. The van der Waals surface area contributed by atoms with Gasteiger partial charge in [-0.25, -0.2) is 0 Å². The highest BCUT2D eigenvalue weighted by atomic mass is 16.5. The van der Waals surface area contributed by atoms with Gasteiger partial charge in [-0.05, 0) is 57.8 Å². The minimum absolute atomic E-state index is 0.0000350. The molecule has 0 saturated heterocycles.